The van der Waals surface area contributed by atoms with Crippen LogP contribution < -0.4 is 5.32 Å². The zero-order valence-corrected chi connectivity index (χ0v) is 11.6. The zero-order chi connectivity index (χ0) is 13.0. The molecule has 0 saturated carbocycles. The SMILES string of the molecule is CC(CBr)CNC(=O)c1ccc2nccnc2c1. The van der Waals surface area contributed by atoms with Crippen LogP contribution in [-0.2, 0) is 0 Å². The fraction of sp³-hybridized carbons (Fsp3) is 0.308. The van der Waals surface area contributed by atoms with E-state index in [4.69, 9.17) is 0 Å². The van der Waals surface area contributed by atoms with E-state index in [1.807, 2.05) is 6.07 Å². The number of benzene rings is 1. The van der Waals surface area contributed by atoms with Gasteiger partial charge in [-0.15, -0.1) is 0 Å². The Morgan fingerprint density at radius 1 is 1.33 bits per heavy atom. The van der Waals surface area contributed by atoms with Crippen molar-refractivity contribution in [1.29, 1.82) is 0 Å². The average Bonchev–Trinajstić information content (AvgIpc) is 2.43. The van der Waals surface area contributed by atoms with Crippen molar-refractivity contribution in [2.45, 2.75) is 6.92 Å². The summed E-state index contributed by atoms with van der Waals surface area (Å²) in [5, 5.41) is 3.77. The van der Waals surface area contributed by atoms with E-state index in [0.717, 1.165) is 16.4 Å². The van der Waals surface area contributed by atoms with E-state index in [2.05, 4.69) is 38.1 Å². The first kappa shape index (κ1) is 13.0. The molecule has 1 amide bonds. The van der Waals surface area contributed by atoms with Gasteiger partial charge in [0.2, 0.25) is 0 Å². The van der Waals surface area contributed by atoms with Crippen LogP contribution in [0.15, 0.2) is 30.6 Å². The molecule has 1 unspecified atom stereocenters. The molecule has 0 aliphatic heterocycles. The summed E-state index contributed by atoms with van der Waals surface area (Å²) in [7, 11) is 0. The Labute approximate surface area is 114 Å². The van der Waals surface area contributed by atoms with Crippen LogP contribution >= 0.6 is 15.9 Å². The number of hydrogen-bond acceptors (Lipinski definition) is 3. The fourth-order valence-electron chi connectivity index (χ4n) is 1.53. The van der Waals surface area contributed by atoms with Crippen molar-refractivity contribution in [3.63, 3.8) is 0 Å². The molecule has 0 fully saturated rings. The predicted octanol–water partition coefficient (Wildman–Crippen LogP) is 2.39. The first-order chi connectivity index (χ1) is 8.70. The second-order valence-electron chi connectivity index (χ2n) is 4.23. The van der Waals surface area contributed by atoms with E-state index < -0.39 is 0 Å². The summed E-state index contributed by atoms with van der Waals surface area (Å²) in [5.74, 6) is 0.338. The number of alkyl halides is 1. The van der Waals surface area contributed by atoms with Gasteiger partial charge < -0.3 is 5.32 Å². The van der Waals surface area contributed by atoms with Crippen LogP contribution in [0.5, 0.6) is 0 Å². The summed E-state index contributed by atoms with van der Waals surface area (Å²) >= 11 is 3.38. The molecule has 2 rings (SSSR count). The maximum absolute atomic E-state index is 11.9. The standard InChI is InChI=1S/C13H14BrN3O/c1-9(7-14)8-17-13(18)10-2-3-11-12(6-10)16-5-4-15-11/h2-6,9H,7-8H2,1H3,(H,17,18). The van der Waals surface area contributed by atoms with Gasteiger partial charge in [-0.3, -0.25) is 14.8 Å². The van der Waals surface area contributed by atoms with Gasteiger partial charge in [0.1, 0.15) is 0 Å². The Morgan fingerprint density at radius 3 is 2.78 bits per heavy atom. The minimum atomic E-state index is -0.0737. The fourth-order valence-corrected chi connectivity index (χ4v) is 1.76. The molecule has 0 saturated heterocycles. The van der Waals surface area contributed by atoms with E-state index in [-0.39, 0.29) is 5.91 Å². The number of fused-ring (bicyclic) bond motifs is 1. The summed E-state index contributed by atoms with van der Waals surface area (Å²) in [5.41, 5.74) is 2.14. The Kier molecular flexibility index (Phi) is 4.25. The molecule has 1 atom stereocenters. The van der Waals surface area contributed by atoms with Gasteiger partial charge in [-0.2, -0.15) is 0 Å². The van der Waals surface area contributed by atoms with Crippen LogP contribution in [0, 0.1) is 5.92 Å². The van der Waals surface area contributed by atoms with Crippen molar-refractivity contribution in [3.8, 4) is 0 Å². The number of rotatable bonds is 4. The molecule has 2 aromatic rings. The predicted molar refractivity (Wildman–Crippen MR) is 74.8 cm³/mol. The van der Waals surface area contributed by atoms with Gasteiger partial charge in [-0.05, 0) is 24.1 Å². The average molecular weight is 308 g/mol. The van der Waals surface area contributed by atoms with E-state index in [0.29, 0.717) is 18.0 Å². The van der Waals surface area contributed by atoms with Crippen molar-refractivity contribution in [3.05, 3.63) is 36.2 Å². The van der Waals surface area contributed by atoms with E-state index >= 15 is 0 Å². The zero-order valence-electron chi connectivity index (χ0n) is 10.1. The molecule has 0 aliphatic carbocycles. The van der Waals surface area contributed by atoms with Crippen molar-refractivity contribution >= 4 is 32.9 Å². The lowest BCUT2D eigenvalue weighted by Crippen LogP contribution is -2.28. The number of aromatic nitrogens is 2. The summed E-state index contributed by atoms with van der Waals surface area (Å²) in [4.78, 5) is 20.3. The van der Waals surface area contributed by atoms with Gasteiger partial charge in [0.25, 0.3) is 5.91 Å². The molecule has 0 radical (unpaired) electrons. The molecule has 0 spiro atoms. The smallest absolute Gasteiger partial charge is 0.251 e. The first-order valence-electron chi connectivity index (χ1n) is 5.75. The molecule has 0 bridgehead atoms. The highest BCUT2D eigenvalue weighted by molar-refractivity contribution is 9.09. The second kappa shape index (κ2) is 5.91. The minimum absolute atomic E-state index is 0.0737. The number of carbonyl (C=O) groups excluding carboxylic acids is 1. The number of halogens is 1. The highest BCUT2D eigenvalue weighted by Crippen LogP contribution is 2.10. The van der Waals surface area contributed by atoms with Crippen molar-refractivity contribution in [2.75, 3.05) is 11.9 Å². The molecule has 5 heteroatoms. The molecule has 1 heterocycles. The van der Waals surface area contributed by atoms with Gasteiger partial charge in [-0.1, -0.05) is 22.9 Å². The molecule has 4 nitrogen and oxygen atoms in total. The monoisotopic (exact) mass is 307 g/mol. The van der Waals surface area contributed by atoms with E-state index in [9.17, 15) is 4.79 Å². The van der Waals surface area contributed by atoms with Gasteiger partial charge >= 0.3 is 0 Å². The van der Waals surface area contributed by atoms with Gasteiger partial charge in [0.05, 0.1) is 11.0 Å². The van der Waals surface area contributed by atoms with Crippen LogP contribution in [0.1, 0.15) is 17.3 Å². The first-order valence-corrected chi connectivity index (χ1v) is 6.88. The third-order valence-electron chi connectivity index (χ3n) is 2.61. The number of nitrogens with one attached hydrogen (secondary N) is 1. The number of amides is 1. The Bertz CT molecular complexity index is 559. The highest BCUT2D eigenvalue weighted by atomic mass is 79.9. The van der Waals surface area contributed by atoms with Crippen LogP contribution in [0.4, 0.5) is 0 Å². The molecule has 0 aliphatic rings. The van der Waals surface area contributed by atoms with E-state index in [1.54, 1.807) is 24.5 Å². The molecular formula is C13H14BrN3O. The van der Waals surface area contributed by atoms with Gasteiger partial charge in [0, 0.05) is 29.8 Å². The maximum atomic E-state index is 11.9. The quantitative estimate of drug-likeness (QED) is 0.882. The lowest BCUT2D eigenvalue weighted by molar-refractivity contribution is 0.0949. The highest BCUT2D eigenvalue weighted by Gasteiger charge is 2.08. The van der Waals surface area contributed by atoms with Crippen molar-refractivity contribution in [1.82, 2.24) is 15.3 Å². The number of carbonyl (C=O) groups is 1. The Hall–Kier alpha value is -1.49. The molecule has 18 heavy (non-hydrogen) atoms. The Balaban J connectivity index is 2.13. The number of nitrogens with zero attached hydrogens (tertiary/aromatic N) is 2. The summed E-state index contributed by atoms with van der Waals surface area (Å²) in [6.07, 6.45) is 3.26. The second-order valence-corrected chi connectivity index (χ2v) is 4.88. The molecular weight excluding hydrogens is 294 g/mol. The number of hydrogen-bond donors (Lipinski definition) is 1. The molecule has 1 N–H and O–H groups in total. The van der Waals surface area contributed by atoms with Crippen LogP contribution in [0.2, 0.25) is 0 Å². The molecule has 1 aromatic carbocycles. The topological polar surface area (TPSA) is 54.9 Å². The summed E-state index contributed by atoms with van der Waals surface area (Å²) in [6.45, 7) is 2.73. The summed E-state index contributed by atoms with van der Waals surface area (Å²) < 4.78 is 0. The molecule has 94 valence electrons. The lowest BCUT2D eigenvalue weighted by atomic mass is 10.1. The molecule has 1 aromatic heterocycles. The lowest BCUT2D eigenvalue weighted by Gasteiger charge is -2.09. The largest absolute Gasteiger partial charge is 0.352 e. The maximum Gasteiger partial charge on any atom is 0.251 e. The van der Waals surface area contributed by atoms with Gasteiger partial charge in [-0.25, -0.2) is 0 Å². The minimum Gasteiger partial charge on any atom is -0.352 e. The third kappa shape index (κ3) is 3.04. The van der Waals surface area contributed by atoms with Crippen molar-refractivity contribution < 1.29 is 4.79 Å². The summed E-state index contributed by atoms with van der Waals surface area (Å²) in [6, 6.07) is 5.34. The third-order valence-corrected chi connectivity index (χ3v) is 3.71. The van der Waals surface area contributed by atoms with E-state index in [1.165, 1.54) is 0 Å². The van der Waals surface area contributed by atoms with Crippen molar-refractivity contribution in [2.24, 2.45) is 5.92 Å². The van der Waals surface area contributed by atoms with Crippen LogP contribution in [0.3, 0.4) is 0 Å². The van der Waals surface area contributed by atoms with Crippen LogP contribution in [-0.4, -0.2) is 27.7 Å². The van der Waals surface area contributed by atoms with Crippen LogP contribution in [0.25, 0.3) is 11.0 Å². The normalized spacial score (nSPS) is 12.3. The Morgan fingerprint density at radius 2 is 2.06 bits per heavy atom. The van der Waals surface area contributed by atoms with Gasteiger partial charge in [0.15, 0.2) is 0 Å².